The monoisotopic (exact) mass is 427 g/mol. The maximum absolute atomic E-state index is 13.4. The minimum absolute atomic E-state index is 0.0197. The fourth-order valence-corrected chi connectivity index (χ4v) is 4.53. The Morgan fingerprint density at radius 1 is 0.906 bits per heavy atom. The summed E-state index contributed by atoms with van der Waals surface area (Å²) >= 11 is 0. The van der Waals surface area contributed by atoms with Gasteiger partial charge in [0, 0.05) is 38.8 Å². The SMILES string of the molecule is CCc1ccccc1CN(C(=O)NCc1ccccc1)C1CCN(Cc2ccccc2)C1. The molecule has 1 atom stereocenters. The van der Waals surface area contributed by atoms with Crippen LogP contribution in [-0.2, 0) is 26.1 Å². The summed E-state index contributed by atoms with van der Waals surface area (Å²) in [5.41, 5.74) is 5.00. The smallest absolute Gasteiger partial charge is 0.318 e. The van der Waals surface area contributed by atoms with Crippen molar-refractivity contribution in [1.82, 2.24) is 15.1 Å². The first-order valence-electron chi connectivity index (χ1n) is 11.6. The first-order chi connectivity index (χ1) is 15.7. The van der Waals surface area contributed by atoms with Crippen LogP contribution in [0.25, 0.3) is 0 Å². The molecule has 1 saturated heterocycles. The lowest BCUT2D eigenvalue weighted by Crippen LogP contribution is -2.46. The van der Waals surface area contributed by atoms with E-state index >= 15 is 0 Å². The zero-order valence-electron chi connectivity index (χ0n) is 18.9. The maximum atomic E-state index is 13.4. The van der Waals surface area contributed by atoms with Crippen LogP contribution in [0.4, 0.5) is 4.79 Å². The second kappa shape index (κ2) is 11.0. The van der Waals surface area contributed by atoms with Crippen LogP contribution in [-0.4, -0.2) is 35.0 Å². The molecule has 1 heterocycles. The highest BCUT2D eigenvalue weighted by Gasteiger charge is 2.31. The third kappa shape index (κ3) is 5.77. The summed E-state index contributed by atoms with van der Waals surface area (Å²) in [5.74, 6) is 0. The molecule has 0 aliphatic carbocycles. The second-order valence-electron chi connectivity index (χ2n) is 8.56. The molecule has 4 rings (SSSR count). The van der Waals surface area contributed by atoms with Gasteiger partial charge in [0.25, 0.3) is 0 Å². The van der Waals surface area contributed by atoms with Gasteiger partial charge in [0.1, 0.15) is 0 Å². The van der Waals surface area contributed by atoms with E-state index in [2.05, 4.69) is 76.6 Å². The molecule has 3 aromatic rings. The number of benzene rings is 3. The molecule has 1 N–H and O–H groups in total. The molecule has 1 aliphatic heterocycles. The van der Waals surface area contributed by atoms with Gasteiger partial charge in [-0.25, -0.2) is 4.79 Å². The van der Waals surface area contributed by atoms with Gasteiger partial charge in [-0.1, -0.05) is 91.9 Å². The molecule has 4 nitrogen and oxygen atoms in total. The van der Waals surface area contributed by atoms with Gasteiger partial charge in [0.2, 0.25) is 0 Å². The number of aryl methyl sites for hydroxylation is 1. The molecule has 166 valence electrons. The number of urea groups is 1. The first kappa shape index (κ1) is 22.1. The van der Waals surface area contributed by atoms with Crippen LogP contribution in [0.2, 0.25) is 0 Å². The standard InChI is InChI=1S/C28H33N3O/c1-2-25-15-9-10-16-26(25)21-31(28(32)29-19-23-11-5-3-6-12-23)27-17-18-30(22-27)20-24-13-7-4-8-14-24/h3-16,27H,2,17-22H2,1H3,(H,29,32). The Hall–Kier alpha value is -3.11. The number of rotatable bonds is 8. The van der Waals surface area contributed by atoms with E-state index in [9.17, 15) is 4.79 Å². The van der Waals surface area contributed by atoms with Crippen molar-refractivity contribution in [3.05, 3.63) is 107 Å². The lowest BCUT2D eigenvalue weighted by atomic mass is 10.0. The van der Waals surface area contributed by atoms with E-state index in [1.807, 2.05) is 30.3 Å². The Bertz CT molecular complexity index is 990. The van der Waals surface area contributed by atoms with Gasteiger partial charge in [-0.05, 0) is 35.1 Å². The number of amides is 2. The Kier molecular flexibility index (Phi) is 7.57. The third-order valence-electron chi connectivity index (χ3n) is 6.32. The molecule has 1 fully saturated rings. The van der Waals surface area contributed by atoms with Crippen molar-refractivity contribution in [1.29, 1.82) is 0 Å². The Labute approximate surface area is 191 Å². The molecular formula is C28H33N3O. The van der Waals surface area contributed by atoms with Gasteiger partial charge in [-0.15, -0.1) is 0 Å². The van der Waals surface area contributed by atoms with Crippen LogP contribution in [0.5, 0.6) is 0 Å². The highest BCUT2D eigenvalue weighted by molar-refractivity contribution is 5.74. The van der Waals surface area contributed by atoms with E-state index < -0.39 is 0 Å². The van der Waals surface area contributed by atoms with E-state index in [4.69, 9.17) is 0 Å². The van der Waals surface area contributed by atoms with Gasteiger partial charge < -0.3 is 10.2 Å². The van der Waals surface area contributed by atoms with Crippen LogP contribution in [0, 0.1) is 0 Å². The normalized spacial score (nSPS) is 16.1. The zero-order chi connectivity index (χ0) is 22.2. The summed E-state index contributed by atoms with van der Waals surface area (Å²) in [6.07, 6.45) is 1.97. The fraction of sp³-hybridized carbons (Fsp3) is 0.321. The van der Waals surface area contributed by atoms with Crippen molar-refractivity contribution < 1.29 is 4.79 Å². The number of carbonyl (C=O) groups excluding carboxylic acids is 1. The second-order valence-corrected chi connectivity index (χ2v) is 8.56. The van der Waals surface area contributed by atoms with E-state index in [1.54, 1.807) is 0 Å². The maximum Gasteiger partial charge on any atom is 0.318 e. The molecule has 3 aromatic carbocycles. The number of carbonyl (C=O) groups is 1. The summed E-state index contributed by atoms with van der Waals surface area (Å²) < 4.78 is 0. The van der Waals surface area contributed by atoms with Crippen molar-refractivity contribution in [3.63, 3.8) is 0 Å². The van der Waals surface area contributed by atoms with Crippen molar-refractivity contribution in [3.8, 4) is 0 Å². The van der Waals surface area contributed by atoms with Crippen LogP contribution in [0.3, 0.4) is 0 Å². The molecule has 2 amide bonds. The van der Waals surface area contributed by atoms with Crippen molar-refractivity contribution >= 4 is 6.03 Å². The van der Waals surface area contributed by atoms with Gasteiger partial charge in [0.15, 0.2) is 0 Å². The van der Waals surface area contributed by atoms with E-state index in [-0.39, 0.29) is 12.1 Å². The molecule has 0 spiro atoms. The molecule has 0 radical (unpaired) electrons. The molecule has 0 aromatic heterocycles. The molecule has 1 aliphatic rings. The summed E-state index contributed by atoms with van der Waals surface area (Å²) in [6.45, 7) is 6.22. The Morgan fingerprint density at radius 3 is 2.22 bits per heavy atom. The minimum atomic E-state index is 0.0197. The zero-order valence-corrected chi connectivity index (χ0v) is 18.9. The summed E-state index contributed by atoms with van der Waals surface area (Å²) in [6, 6.07) is 29.4. The Balaban J connectivity index is 1.47. The minimum Gasteiger partial charge on any atom is -0.334 e. The van der Waals surface area contributed by atoms with Crippen LogP contribution >= 0.6 is 0 Å². The van der Waals surface area contributed by atoms with Crippen LogP contribution < -0.4 is 5.32 Å². The number of hydrogen-bond donors (Lipinski definition) is 1. The van der Waals surface area contributed by atoms with Crippen molar-refractivity contribution in [2.45, 2.75) is 45.4 Å². The third-order valence-corrected chi connectivity index (χ3v) is 6.32. The highest BCUT2D eigenvalue weighted by Crippen LogP contribution is 2.22. The predicted molar refractivity (Wildman–Crippen MR) is 130 cm³/mol. The first-order valence-corrected chi connectivity index (χ1v) is 11.6. The molecular weight excluding hydrogens is 394 g/mol. The lowest BCUT2D eigenvalue weighted by molar-refractivity contribution is 0.168. The fourth-order valence-electron chi connectivity index (χ4n) is 4.53. The predicted octanol–water partition coefficient (Wildman–Crippen LogP) is 5.24. The topological polar surface area (TPSA) is 35.6 Å². The van der Waals surface area contributed by atoms with Gasteiger partial charge >= 0.3 is 6.03 Å². The summed E-state index contributed by atoms with van der Waals surface area (Å²) in [7, 11) is 0. The van der Waals surface area contributed by atoms with Gasteiger partial charge in [-0.3, -0.25) is 4.90 Å². The number of likely N-dealkylation sites (tertiary alicyclic amines) is 1. The van der Waals surface area contributed by atoms with Gasteiger partial charge in [0.05, 0.1) is 0 Å². The summed E-state index contributed by atoms with van der Waals surface area (Å²) in [4.78, 5) is 17.9. The molecule has 32 heavy (non-hydrogen) atoms. The molecule has 0 bridgehead atoms. The largest absolute Gasteiger partial charge is 0.334 e. The Morgan fingerprint density at radius 2 is 1.53 bits per heavy atom. The number of hydrogen-bond acceptors (Lipinski definition) is 2. The number of nitrogens with zero attached hydrogens (tertiary/aromatic N) is 2. The lowest BCUT2D eigenvalue weighted by Gasteiger charge is -2.30. The van der Waals surface area contributed by atoms with Crippen LogP contribution in [0.15, 0.2) is 84.9 Å². The van der Waals surface area contributed by atoms with E-state index in [1.165, 1.54) is 16.7 Å². The molecule has 4 heteroatoms. The van der Waals surface area contributed by atoms with E-state index in [0.29, 0.717) is 13.1 Å². The highest BCUT2D eigenvalue weighted by atomic mass is 16.2. The summed E-state index contributed by atoms with van der Waals surface area (Å²) in [5, 5.41) is 3.17. The average Bonchev–Trinajstić information content (AvgIpc) is 3.30. The quantitative estimate of drug-likeness (QED) is 0.534. The van der Waals surface area contributed by atoms with Crippen molar-refractivity contribution in [2.24, 2.45) is 0 Å². The van der Waals surface area contributed by atoms with Gasteiger partial charge in [-0.2, -0.15) is 0 Å². The average molecular weight is 428 g/mol. The number of nitrogens with one attached hydrogen (secondary N) is 1. The van der Waals surface area contributed by atoms with Crippen LogP contribution in [0.1, 0.15) is 35.6 Å². The molecule has 1 unspecified atom stereocenters. The van der Waals surface area contributed by atoms with E-state index in [0.717, 1.165) is 38.0 Å². The van der Waals surface area contributed by atoms with Crippen molar-refractivity contribution in [2.75, 3.05) is 13.1 Å². The molecule has 0 saturated carbocycles.